The van der Waals surface area contributed by atoms with Crippen LogP contribution in [-0.4, -0.2) is 19.8 Å². The van der Waals surface area contributed by atoms with E-state index in [2.05, 4.69) is 36.4 Å². The van der Waals surface area contributed by atoms with Gasteiger partial charge in [-0.15, -0.1) is 0 Å². The van der Waals surface area contributed by atoms with Gasteiger partial charge >= 0.3 is 5.97 Å². The van der Waals surface area contributed by atoms with E-state index in [1.54, 1.807) is 0 Å². The maximum atomic E-state index is 5.97. The Morgan fingerprint density at radius 2 is 1.63 bits per heavy atom. The van der Waals surface area contributed by atoms with E-state index in [4.69, 9.17) is 14.2 Å². The molecule has 3 fully saturated rings. The van der Waals surface area contributed by atoms with Gasteiger partial charge in [0.2, 0.25) is 0 Å². The second-order valence-corrected chi connectivity index (χ2v) is 6.85. The minimum Gasteiger partial charge on any atom is -0.323 e. The van der Waals surface area contributed by atoms with Crippen LogP contribution in [0.2, 0.25) is 0 Å². The van der Waals surface area contributed by atoms with Gasteiger partial charge in [-0.2, -0.15) is 0 Å². The van der Waals surface area contributed by atoms with Crippen LogP contribution in [0.25, 0.3) is 0 Å². The lowest BCUT2D eigenvalue weighted by atomic mass is 9.75. The zero-order valence-electron chi connectivity index (χ0n) is 11.3. The predicted molar refractivity (Wildman–Crippen MR) is 80.6 cm³/mol. The number of fused-ring (bicyclic) bond motifs is 3. The van der Waals surface area contributed by atoms with Crippen molar-refractivity contribution in [2.75, 3.05) is 19.8 Å². The number of hydrogen-bond donors (Lipinski definition) is 0. The lowest BCUT2D eigenvalue weighted by Crippen LogP contribution is -2.60. The first-order valence-electron chi connectivity index (χ1n) is 6.78. The molecule has 0 spiro atoms. The Balaban J connectivity index is 1.83. The molecule has 1 atom stereocenters. The lowest BCUT2D eigenvalue weighted by Gasteiger charge is -2.54. The van der Waals surface area contributed by atoms with E-state index in [-0.39, 0.29) is 5.41 Å². The maximum absolute atomic E-state index is 5.97. The minimum atomic E-state index is -0.973. The highest BCUT2D eigenvalue weighted by Gasteiger charge is 2.55. The molecule has 19 heavy (non-hydrogen) atoms. The van der Waals surface area contributed by atoms with Gasteiger partial charge in [0.05, 0.1) is 19.8 Å². The topological polar surface area (TPSA) is 27.7 Å². The third-order valence-corrected chi connectivity index (χ3v) is 5.22. The summed E-state index contributed by atoms with van der Waals surface area (Å²) in [6.45, 7) is 6.60. The maximum Gasteiger partial charge on any atom is 0.312 e. The fourth-order valence-electron chi connectivity index (χ4n) is 2.73. The monoisotopic (exact) mass is 374 g/mol. The van der Waals surface area contributed by atoms with E-state index in [1.165, 1.54) is 3.57 Å². The van der Waals surface area contributed by atoms with Crippen LogP contribution in [0.15, 0.2) is 24.3 Å². The van der Waals surface area contributed by atoms with Gasteiger partial charge in [-0.25, -0.2) is 0 Å². The molecule has 4 heteroatoms. The molecular formula is C15H19IO3. The van der Waals surface area contributed by atoms with Gasteiger partial charge in [0.15, 0.2) is 0 Å². The standard InChI is InChI=1S/C15H19IO3/c1-3-11(2)14-8-17-15(18-9-14,19-10-14)12-4-6-13(16)7-5-12/h4-7,11H,3,8-10H2,1-2H3. The summed E-state index contributed by atoms with van der Waals surface area (Å²) in [7, 11) is 0. The molecule has 3 aliphatic rings. The first-order chi connectivity index (χ1) is 9.10. The number of ether oxygens (including phenoxy) is 3. The van der Waals surface area contributed by atoms with E-state index in [0.717, 1.165) is 12.0 Å². The highest BCUT2D eigenvalue weighted by Crippen LogP contribution is 2.48. The normalized spacial score (nSPS) is 35.3. The largest absolute Gasteiger partial charge is 0.323 e. The van der Waals surface area contributed by atoms with Crippen LogP contribution in [0.4, 0.5) is 0 Å². The Morgan fingerprint density at radius 3 is 2.11 bits per heavy atom. The molecule has 3 nitrogen and oxygen atoms in total. The molecule has 1 aromatic carbocycles. The minimum absolute atomic E-state index is 0.0275. The summed E-state index contributed by atoms with van der Waals surface area (Å²) in [5.74, 6) is -0.429. The molecule has 4 rings (SSSR count). The van der Waals surface area contributed by atoms with Crippen molar-refractivity contribution in [2.45, 2.75) is 26.2 Å². The van der Waals surface area contributed by atoms with Crippen molar-refractivity contribution in [3.63, 3.8) is 0 Å². The summed E-state index contributed by atoms with van der Waals surface area (Å²) < 4.78 is 19.1. The zero-order chi connectivity index (χ0) is 13.5. The molecule has 3 aliphatic heterocycles. The van der Waals surface area contributed by atoms with Crippen LogP contribution in [0, 0.1) is 14.9 Å². The molecule has 2 bridgehead atoms. The van der Waals surface area contributed by atoms with Crippen LogP contribution in [0.1, 0.15) is 25.8 Å². The molecule has 0 aromatic heterocycles. The summed E-state index contributed by atoms with van der Waals surface area (Å²) >= 11 is 2.29. The molecular weight excluding hydrogens is 355 g/mol. The average molecular weight is 374 g/mol. The van der Waals surface area contributed by atoms with Crippen molar-refractivity contribution < 1.29 is 14.2 Å². The van der Waals surface area contributed by atoms with Crippen molar-refractivity contribution in [3.05, 3.63) is 33.4 Å². The van der Waals surface area contributed by atoms with Gasteiger partial charge in [0, 0.05) is 14.5 Å². The smallest absolute Gasteiger partial charge is 0.312 e. The molecule has 1 aromatic rings. The molecule has 3 saturated heterocycles. The van der Waals surface area contributed by atoms with E-state index >= 15 is 0 Å². The highest BCUT2D eigenvalue weighted by atomic mass is 127. The number of benzene rings is 1. The number of halogens is 1. The molecule has 3 heterocycles. The summed E-state index contributed by atoms with van der Waals surface area (Å²) in [5.41, 5.74) is 0.977. The van der Waals surface area contributed by atoms with Crippen molar-refractivity contribution in [1.82, 2.24) is 0 Å². The van der Waals surface area contributed by atoms with Gasteiger partial charge in [0.25, 0.3) is 0 Å². The van der Waals surface area contributed by atoms with Crippen molar-refractivity contribution >= 4 is 22.6 Å². The van der Waals surface area contributed by atoms with Gasteiger partial charge in [-0.1, -0.05) is 20.3 Å². The van der Waals surface area contributed by atoms with Crippen LogP contribution in [0.3, 0.4) is 0 Å². The third-order valence-electron chi connectivity index (χ3n) is 4.50. The number of rotatable bonds is 3. The second kappa shape index (κ2) is 4.98. The van der Waals surface area contributed by atoms with Crippen molar-refractivity contribution in [3.8, 4) is 0 Å². The molecule has 104 valence electrons. The average Bonchev–Trinajstić information content (AvgIpc) is 2.49. The van der Waals surface area contributed by atoms with Gasteiger partial charge in [-0.05, 0) is 52.8 Å². The van der Waals surface area contributed by atoms with Crippen LogP contribution in [-0.2, 0) is 20.2 Å². The first kappa shape index (κ1) is 13.8. The van der Waals surface area contributed by atoms with E-state index in [9.17, 15) is 0 Å². The lowest BCUT2D eigenvalue weighted by molar-refractivity contribution is -0.485. The zero-order valence-corrected chi connectivity index (χ0v) is 13.5. The van der Waals surface area contributed by atoms with E-state index in [0.29, 0.717) is 25.7 Å². The summed E-state index contributed by atoms with van der Waals surface area (Å²) in [6.07, 6.45) is 1.12. The predicted octanol–water partition coefficient (Wildman–Crippen LogP) is 3.51. The molecule has 0 amide bonds. The Hall–Kier alpha value is -0.170. The van der Waals surface area contributed by atoms with Gasteiger partial charge in [-0.3, -0.25) is 0 Å². The fourth-order valence-corrected chi connectivity index (χ4v) is 3.09. The van der Waals surface area contributed by atoms with E-state index < -0.39 is 5.97 Å². The van der Waals surface area contributed by atoms with Crippen molar-refractivity contribution in [2.24, 2.45) is 11.3 Å². The van der Waals surface area contributed by atoms with Gasteiger partial charge < -0.3 is 14.2 Å². The quantitative estimate of drug-likeness (QED) is 0.758. The molecule has 1 unspecified atom stereocenters. The Kier molecular flexibility index (Phi) is 3.62. The highest BCUT2D eigenvalue weighted by molar-refractivity contribution is 14.1. The molecule has 0 saturated carbocycles. The SMILES string of the molecule is CCC(C)C12COC(c3ccc(I)cc3)(OC1)OC2. The summed E-state index contributed by atoms with van der Waals surface area (Å²) in [6, 6.07) is 8.13. The summed E-state index contributed by atoms with van der Waals surface area (Å²) in [4.78, 5) is 0. The van der Waals surface area contributed by atoms with Crippen LogP contribution < -0.4 is 0 Å². The van der Waals surface area contributed by atoms with E-state index in [1.807, 2.05) is 24.3 Å². The Labute approximate surface area is 127 Å². The molecule has 0 aliphatic carbocycles. The molecule has 0 N–H and O–H groups in total. The van der Waals surface area contributed by atoms with Crippen LogP contribution in [0.5, 0.6) is 0 Å². The first-order valence-corrected chi connectivity index (χ1v) is 7.86. The second-order valence-electron chi connectivity index (χ2n) is 5.60. The fraction of sp³-hybridized carbons (Fsp3) is 0.600. The van der Waals surface area contributed by atoms with Gasteiger partial charge in [0.1, 0.15) is 0 Å². The summed E-state index contributed by atoms with van der Waals surface area (Å²) in [5, 5.41) is 0. The third kappa shape index (κ3) is 2.22. The number of hydrogen-bond acceptors (Lipinski definition) is 3. The molecule has 0 radical (unpaired) electrons. The Morgan fingerprint density at radius 1 is 1.11 bits per heavy atom. The van der Waals surface area contributed by atoms with Crippen molar-refractivity contribution in [1.29, 1.82) is 0 Å². The Bertz CT molecular complexity index is 432. The van der Waals surface area contributed by atoms with Crippen LogP contribution >= 0.6 is 22.6 Å².